The number of rotatable bonds is 0. The van der Waals surface area contributed by atoms with Crippen LogP contribution in [0.15, 0.2) is 23.1 Å². The zero-order valence-corrected chi connectivity index (χ0v) is 9.45. The zero-order chi connectivity index (χ0) is 10.2. The maximum absolute atomic E-state index is 5.39. The molecule has 0 amide bonds. The second-order valence-corrected chi connectivity index (χ2v) is 5.47. The van der Waals surface area contributed by atoms with Crippen molar-refractivity contribution < 1.29 is 0 Å². The standard InChI is InChI=1S/C13H14S/c1-4-10-5-6-11-12(9-10)14-8-7-13(11,2)3/h1,5-6,9H,7-8H2,2-3H3. The van der Waals surface area contributed by atoms with Crippen molar-refractivity contribution in [3.05, 3.63) is 29.3 Å². The van der Waals surface area contributed by atoms with Gasteiger partial charge in [-0.3, -0.25) is 0 Å². The fourth-order valence-corrected chi connectivity index (χ4v) is 3.38. The van der Waals surface area contributed by atoms with Gasteiger partial charge in [-0.05, 0) is 35.3 Å². The lowest BCUT2D eigenvalue weighted by molar-refractivity contribution is 0.494. The van der Waals surface area contributed by atoms with Gasteiger partial charge >= 0.3 is 0 Å². The first-order chi connectivity index (χ1) is 6.63. The smallest absolute Gasteiger partial charge is 0.0253 e. The Morgan fingerprint density at radius 2 is 2.21 bits per heavy atom. The van der Waals surface area contributed by atoms with E-state index in [1.54, 1.807) is 0 Å². The predicted molar refractivity (Wildman–Crippen MR) is 62.7 cm³/mol. The summed E-state index contributed by atoms with van der Waals surface area (Å²) in [5, 5.41) is 0. The molecule has 0 bridgehead atoms. The average molecular weight is 202 g/mol. The van der Waals surface area contributed by atoms with Gasteiger partial charge in [0, 0.05) is 10.5 Å². The van der Waals surface area contributed by atoms with Crippen LogP contribution < -0.4 is 0 Å². The molecule has 0 spiro atoms. The Kier molecular flexibility index (Phi) is 2.33. The molecule has 0 aromatic heterocycles. The Bertz CT molecular complexity index is 396. The summed E-state index contributed by atoms with van der Waals surface area (Å²) in [5.74, 6) is 3.89. The quantitative estimate of drug-likeness (QED) is 0.581. The second-order valence-electron chi connectivity index (χ2n) is 4.34. The molecule has 0 saturated heterocycles. The summed E-state index contributed by atoms with van der Waals surface area (Å²) in [6.45, 7) is 4.61. The lowest BCUT2D eigenvalue weighted by Gasteiger charge is -2.32. The number of fused-ring (bicyclic) bond motifs is 1. The van der Waals surface area contributed by atoms with Crippen LogP contribution in [-0.2, 0) is 5.41 Å². The molecule has 0 unspecified atom stereocenters. The second kappa shape index (κ2) is 3.37. The maximum atomic E-state index is 5.39. The Labute approximate surface area is 90.1 Å². The molecule has 72 valence electrons. The van der Waals surface area contributed by atoms with E-state index >= 15 is 0 Å². The van der Waals surface area contributed by atoms with Crippen molar-refractivity contribution in [1.29, 1.82) is 0 Å². The van der Waals surface area contributed by atoms with Gasteiger partial charge in [0.15, 0.2) is 0 Å². The summed E-state index contributed by atoms with van der Waals surface area (Å²) in [5.41, 5.74) is 2.76. The molecule has 0 fully saturated rings. The number of hydrogen-bond donors (Lipinski definition) is 0. The summed E-state index contributed by atoms with van der Waals surface area (Å²) in [6.07, 6.45) is 6.64. The third kappa shape index (κ3) is 1.55. The molecule has 0 radical (unpaired) electrons. The van der Waals surface area contributed by atoms with Gasteiger partial charge < -0.3 is 0 Å². The van der Waals surface area contributed by atoms with E-state index in [0.29, 0.717) is 5.41 Å². The van der Waals surface area contributed by atoms with Crippen molar-refractivity contribution >= 4 is 11.8 Å². The molecular formula is C13H14S. The molecule has 0 N–H and O–H groups in total. The van der Waals surface area contributed by atoms with Gasteiger partial charge in [-0.15, -0.1) is 18.2 Å². The average Bonchev–Trinajstić information content (AvgIpc) is 2.16. The fourth-order valence-electron chi connectivity index (χ4n) is 1.84. The highest BCUT2D eigenvalue weighted by Gasteiger charge is 2.27. The minimum absolute atomic E-state index is 0.313. The molecule has 1 heterocycles. The van der Waals surface area contributed by atoms with Crippen molar-refractivity contribution in [2.45, 2.75) is 30.6 Å². The van der Waals surface area contributed by atoms with Gasteiger partial charge in [-0.1, -0.05) is 25.8 Å². The molecule has 1 aromatic rings. The largest absolute Gasteiger partial charge is 0.126 e. The minimum atomic E-state index is 0.313. The first kappa shape index (κ1) is 9.68. The molecule has 0 nitrogen and oxygen atoms in total. The van der Waals surface area contributed by atoms with Crippen molar-refractivity contribution in [3.63, 3.8) is 0 Å². The van der Waals surface area contributed by atoms with Crippen LogP contribution in [0, 0.1) is 12.3 Å². The molecule has 0 aliphatic carbocycles. The van der Waals surface area contributed by atoms with E-state index in [1.165, 1.54) is 22.6 Å². The van der Waals surface area contributed by atoms with Gasteiger partial charge in [-0.2, -0.15) is 0 Å². The molecule has 0 saturated carbocycles. The first-order valence-electron chi connectivity index (χ1n) is 4.87. The van der Waals surface area contributed by atoms with Crippen LogP contribution in [0.3, 0.4) is 0 Å². The molecular weight excluding hydrogens is 188 g/mol. The molecule has 0 atom stereocenters. The van der Waals surface area contributed by atoms with Gasteiger partial charge in [0.25, 0.3) is 0 Å². The predicted octanol–water partition coefficient (Wildman–Crippen LogP) is 3.44. The number of benzene rings is 1. The van der Waals surface area contributed by atoms with E-state index < -0.39 is 0 Å². The Morgan fingerprint density at radius 1 is 1.43 bits per heavy atom. The Balaban J connectivity index is 2.53. The number of thioether (sulfide) groups is 1. The van der Waals surface area contributed by atoms with E-state index in [-0.39, 0.29) is 0 Å². The summed E-state index contributed by atoms with van der Waals surface area (Å²) < 4.78 is 0. The van der Waals surface area contributed by atoms with E-state index in [2.05, 4.69) is 31.9 Å². The van der Waals surface area contributed by atoms with Crippen LogP contribution in [0.1, 0.15) is 31.4 Å². The van der Waals surface area contributed by atoms with Crippen LogP contribution in [0.5, 0.6) is 0 Å². The third-order valence-corrected chi connectivity index (χ3v) is 3.92. The summed E-state index contributed by atoms with van der Waals surface area (Å²) in [7, 11) is 0. The molecule has 14 heavy (non-hydrogen) atoms. The topological polar surface area (TPSA) is 0 Å². The minimum Gasteiger partial charge on any atom is -0.126 e. The Hall–Kier alpha value is -0.870. The highest BCUT2D eigenvalue weighted by Crippen LogP contribution is 2.41. The lowest BCUT2D eigenvalue weighted by atomic mass is 9.81. The summed E-state index contributed by atoms with van der Waals surface area (Å²) >= 11 is 1.92. The number of hydrogen-bond acceptors (Lipinski definition) is 1. The van der Waals surface area contributed by atoms with Crippen molar-refractivity contribution in [2.24, 2.45) is 0 Å². The van der Waals surface area contributed by atoms with E-state index in [4.69, 9.17) is 6.42 Å². The molecule has 2 rings (SSSR count). The number of terminal acetylenes is 1. The van der Waals surface area contributed by atoms with Crippen LogP contribution >= 0.6 is 11.8 Å². The SMILES string of the molecule is C#Cc1ccc2c(c1)SCCC2(C)C. The molecule has 1 heteroatoms. The first-order valence-corrected chi connectivity index (χ1v) is 5.86. The van der Waals surface area contributed by atoms with Crippen LogP contribution in [0.2, 0.25) is 0 Å². The highest BCUT2D eigenvalue weighted by molar-refractivity contribution is 7.99. The van der Waals surface area contributed by atoms with E-state index in [0.717, 1.165) is 5.56 Å². The summed E-state index contributed by atoms with van der Waals surface area (Å²) in [4.78, 5) is 1.37. The van der Waals surface area contributed by atoms with Crippen LogP contribution in [0.25, 0.3) is 0 Å². The molecule has 1 aliphatic rings. The van der Waals surface area contributed by atoms with Gasteiger partial charge in [0.05, 0.1) is 0 Å². The van der Waals surface area contributed by atoms with Gasteiger partial charge in [0.1, 0.15) is 0 Å². The molecule has 1 aromatic carbocycles. The van der Waals surface area contributed by atoms with Crippen molar-refractivity contribution in [3.8, 4) is 12.3 Å². The van der Waals surface area contributed by atoms with Gasteiger partial charge in [-0.25, -0.2) is 0 Å². The normalized spacial score (nSPS) is 18.4. The third-order valence-electron chi connectivity index (χ3n) is 2.86. The Morgan fingerprint density at radius 3 is 2.93 bits per heavy atom. The van der Waals surface area contributed by atoms with Crippen molar-refractivity contribution in [2.75, 3.05) is 5.75 Å². The van der Waals surface area contributed by atoms with Gasteiger partial charge in [0.2, 0.25) is 0 Å². The lowest BCUT2D eigenvalue weighted by Crippen LogP contribution is -2.22. The van der Waals surface area contributed by atoms with Crippen LogP contribution in [-0.4, -0.2) is 5.75 Å². The highest BCUT2D eigenvalue weighted by atomic mass is 32.2. The maximum Gasteiger partial charge on any atom is 0.0253 e. The summed E-state index contributed by atoms with van der Waals surface area (Å²) in [6, 6.07) is 6.38. The van der Waals surface area contributed by atoms with Crippen LogP contribution in [0.4, 0.5) is 0 Å². The zero-order valence-electron chi connectivity index (χ0n) is 8.63. The molecule has 1 aliphatic heterocycles. The van der Waals surface area contributed by atoms with Crippen molar-refractivity contribution in [1.82, 2.24) is 0 Å². The van der Waals surface area contributed by atoms with E-state index in [1.807, 2.05) is 17.8 Å². The fraction of sp³-hybridized carbons (Fsp3) is 0.385. The van der Waals surface area contributed by atoms with E-state index in [9.17, 15) is 0 Å². The monoisotopic (exact) mass is 202 g/mol.